The maximum absolute atomic E-state index is 13.7. The van der Waals surface area contributed by atoms with Crippen LogP contribution in [0.25, 0.3) is 17.5 Å². The highest BCUT2D eigenvalue weighted by molar-refractivity contribution is 6.32. The number of carbonyl (C=O) groups is 1. The molecule has 1 aromatic heterocycles. The molecule has 0 aliphatic heterocycles. The van der Waals surface area contributed by atoms with Crippen molar-refractivity contribution >= 4 is 23.6 Å². The number of hydrogen-bond acceptors (Lipinski definition) is 5. The van der Waals surface area contributed by atoms with E-state index in [-0.39, 0.29) is 16.5 Å². The van der Waals surface area contributed by atoms with Crippen molar-refractivity contribution in [2.75, 3.05) is 0 Å². The van der Waals surface area contributed by atoms with Crippen molar-refractivity contribution in [3.05, 3.63) is 76.9 Å². The van der Waals surface area contributed by atoms with Gasteiger partial charge in [-0.25, -0.2) is 9.18 Å². The number of nitrogens with zero attached hydrogens (tertiary/aromatic N) is 2. The van der Waals surface area contributed by atoms with Gasteiger partial charge in [0.15, 0.2) is 6.10 Å². The Bertz CT molecular complexity index is 921. The normalized spacial score (nSPS) is 12.3. The van der Waals surface area contributed by atoms with Gasteiger partial charge in [-0.2, -0.15) is 0 Å². The van der Waals surface area contributed by atoms with Crippen LogP contribution in [-0.2, 0) is 9.53 Å². The molecule has 0 amide bonds. The molecular weight excluding hydrogens is 359 g/mol. The standard InChI is InChI=1S/C19H14ClFN2O3/c1-12(18-22-23-19(26-18)13-6-3-2-4-7-13)25-17(24)11-10-14-15(20)8-5-9-16(14)21/h2-12H,1H3/b11-10+/t12-/m0/s1. The van der Waals surface area contributed by atoms with Crippen LogP contribution in [0.1, 0.15) is 24.5 Å². The molecule has 5 nitrogen and oxygen atoms in total. The van der Waals surface area contributed by atoms with Gasteiger partial charge in [-0.15, -0.1) is 10.2 Å². The zero-order valence-electron chi connectivity index (χ0n) is 13.7. The Labute approximate surface area is 154 Å². The zero-order chi connectivity index (χ0) is 18.5. The van der Waals surface area contributed by atoms with E-state index in [1.54, 1.807) is 6.92 Å². The third kappa shape index (κ3) is 4.15. The summed E-state index contributed by atoms with van der Waals surface area (Å²) in [6, 6.07) is 13.5. The number of aromatic nitrogens is 2. The van der Waals surface area contributed by atoms with E-state index in [1.165, 1.54) is 24.3 Å². The van der Waals surface area contributed by atoms with Crippen LogP contribution in [0, 0.1) is 5.82 Å². The van der Waals surface area contributed by atoms with Crippen molar-refractivity contribution in [3.63, 3.8) is 0 Å². The minimum Gasteiger partial charge on any atom is -0.449 e. The second kappa shape index (κ2) is 7.93. The summed E-state index contributed by atoms with van der Waals surface area (Å²) < 4.78 is 24.4. The Morgan fingerprint density at radius 2 is 1.96 bits per heavy atom. The van der Waals surface area contributed by atoms with E-state index in [0.717, 1.165) is 11.6 Å². The van der Waals surface area contributed by atoms with Crippen LogP contribution in [0.2, 0.25) is 5.02 Å². The van der Waals surface area contributed by atoms with E-state index >= 15 is 0 Å². The van der Waals surface area contributed by atoms with Gasteiger partial charge in [-0.1, -0.05) is 35.9 Å². The predicted molar refractivity (Wildman–Crippen MR) is 94.7 cm³/mol. The quantitative estimate of drug-likeness (QED) is 0.473. The molecule has 2 aromatic carbocycles. The number of benzene rings is 2. The number of carbonyl (C=O) groups excluding carboxylic acids is 1. The fraction of sp³-hybridized carbons (Fsp3) is 0.105. The highest BCUT2D eigenvalue weighted by Crippen LogP contribution is 2.23. The summed E-state index contributed by atoms with van der Waals surface area (Å²) >= 11 is 5.90. The van der Waals surface area contributed by atoms with Crippen LogP contribution in [0.15, 0.2) is 59.0 Å². The maximum atomic E-state index is 13.7. The van der Waals surface area contributed by atoms with Gasteiger partial charge in [0.05, 0.1) is 5.02 Å². The number of halogens is 2. The molecule has 0 N–H and O–H groups in total. The molecule has 0 aliphatic carbocycles. The largest absolute Gasteiger partial charge is 0.449 e. The third-order valence-electron chi connectivity index (χ3n) is 3.49. The molecule has 0 bridgehead atoms. The Morgan fingerprint density at radius 1 is 1.19 bits per heavy atom. The molecule has 0 fully saturated rings. The SMILES string of the molecule is C[C@H](OC(=O)/C=C/c1c(F)cccc1Cl)c1nnc(-c2ccccc2)o1. The van der Waals surface area contributed by atoms with Gasteiger partial charge in [0.1, 0.15) is 5.82 Å². The van der Waals surface area contributed by atoms with Crippen molar-refractivity contribution in [2.24, 2.45) is 0 Å². The first kappa shape index (κ1) is 17.8. The van der Waals surface area contributed by atoms with E-state index in [1.807, 2.05) is 30.3 Å². The van der Waals surface area contributed by atoms with Gasteiger partial charge in [0.25, 0.3) is 5.89 Å². The average Bonchev–Trinajstić information content (AvgIpc) is 3.12. The first-order chi connectivity index (χ1) is 12.5. The highest BCUT2D eigenvalue weighted by atomic mass is 35.5. The minimum absolute atomic E-state index is 0.114. The van der Waals surface area contributed by atoms with Crippen LogP contribution >= 0.6 is 11.6 Å². The summed E-state index contributed by atoms with van der Waals surface area (Å²) in [5.41, 5.74) is 0.877. The van der Waals surface area contributed by atoms with Crippen LogP contribution in [0.4, 0.5) is 4.39 Å². The Balaban J connectivity index is 1.66. The molecule has 0 saturated heterocycles. The molecule has 3 aromatic rings. The minimum atomic E-state index is -0.756. The number of hydrogen-bond donors (Lipinski definition) is 0. The lowest BCUT2D eigenvalue weighted by Crippen LogP contribution is -2.06. The molecule has 7 heteroatoms. The highest BCUT2D eigenvalue weighted by Gasteiger charge is 2.18. The third-order valence-corrected chi connectivity index (χ3v) is 3.82. The molecule has 3 rings (SSSR count). The molecule has 1 atom stereocenters. The first-order valence-corrected chi connectivity index (χ1v) is 8.14. The first-order valence-electron chi connectivity index (χ1n) is 7.76. The molecule has 0 aliphatic rings. The smallest absolute Gasteiger partial charge is 0.331 e. The van der Waals surface area contributed by atoms with Gasteiger partial charge in [-0.3, -0.25) is 0 Å². The number of esters is 1. The molecule has 1 heterocycles. The van der Waals surface area contributed by atoms with Crippen LogP contribution in [-0.4, -0.2) is 16.2 Å². The van der Waals surface area contributed by atoms with Gasteiger partial charge >= 0.3 is 5.97 Å². The Morgan fingerprint density at radius 3 is 2.69 bits per heavy atom. The molecule has 26 heavy (non-hydrogen) atoms. The number of ether oxygens (including phenoxy) is 1. The van der Waals surface area contributed by atoms with Crippen LogP contribution in [0.3, 0.4) is 0 Å². The summed E-state index contributed by atoms with van der Waals surface area (Å²) in [4.78, 5) is 11.9. The van der Waals surface area contributed by atoms with Gasteiger partial charge < -0.3 is 9.15 Å². The van der Waals surface area contributed by atoms with Crippen molar-refractivity contribution in [2.45, 2.75) is 13.0 Å². The summed E-state index contributed by atoms with van der Waals surface area (Å²) in [5, 5.41) is 8.03. The van der Waals surface area contributed by atoms with Crippen molar-refractivity contribution < 1.29 is 18.3 Å². The van der Waals surface area contributed by atoms with Crippen molar-refractivity contribution in [1.82, 2.24) is 10.2 Å². The fourth-order valence-electron chi connectivity index (χ4n) is 2.18. The molecule has 0 spiro atoms. The second-order valence-electron chi connectivity index (χ2n) is 5.36. The van der Waals surface area contributed by atoms with Crippen molar-refractivity contribution in [1.29, 1.82) is 0 Å². The topological polar surface area (TPSA) is 65.2 Å². The lowest BCUT2D eigenvalue weighted by molar-refractivity contribution is -0.143. The molecule has 0 saturated carbocycles. The zero-order valence-corrected chi connectivity index (χ0v) is 14.5. The summed E-state index contributed by atoms with van der Waals surface area (Å²) in [6.07, 6.45) is 1.60. The van der Waals surface area contributed by atoms with Crippen LogP contribution in [0.5, 0.6) is 0 Å². The summed E-state index contributed by atoms with van der Waals surface area (Å²) in [5.74, 6) is -0.720. The predicted octanol–water partition coefficient (Wildman–Crippen LogP) is 4.85. The Kier molecular flexibility index (Phi) is 5.43. The lowest BCUT2D eigenvalue weighted by Gasteiger charge is -2.07. The molecular formula is C19H14ClFN2O3. The number of rotatable bonds is 5. The summed E-state index contributed by atoms with van der Waals surface area (Å²) in [7, 11) is 0. The molecule has 132 valence electrons. The van der Waals surface area contributed by atoms with Crippen LogP contribution < -0.4 is 0 Å². The molecule has 0 radical (unpaired) electrons. The van der Waals surface area contributed by atoms with E-state index in [4.69, 9.17) is 20.8 Å². The van der Waals surface area contributed by atoms with E-state index < -0.39 is 17.9 Å². The maximum Gasteiger partial charge on any atom is 0.331 e. The lowest BCUT2D eigenvalue weighted by atomic mass is 10.2. The second-order valence-corrected chi connectivity index (χ2v) is 5.77. The van der Waals surface area contributed by atoms with E-state index in [9.17, 15) is 9.18 Å². The molecule has 0 unspecified atom stereocenters. The fourth-order valence-corrected chi connectivity index (χ4v) is 2.41. The van der Waals surface area contributed by atoms with Crippen molar-refractivity contribution in [3.8, 4) is 11.5 Å². The van der Waals surface area contributed by atoms with E-state index in [0.29, 0.717) is 5.89 Å². The van der Waals surface area contributed by atoms with E-state index in [2.05, 4.69) is 10.2 Å². The van der Waals surface area contributed by atoms with Gasteiger partial charge in [0.2, 0.25) is 5.89 Å². The average molecular weight is 373 g/mol. The van der Waals surface area contributed by atoms with Gasteiger partial charge in [-0.05, 0) is 37.3 Å². The Hall–Kier alpha value is -2.99. The monoisotopic (exact) mass is 372 g/mol. The van der Waals surface area contributed by atoms with Gasteiger partial charge in [0, 0.05) is 17.2 Å². The summed E-state index contributed by atoms with van der Waals surface area (Å²) in [6.45, 7) is 1.60.